The smallest absolute Gasteiger partial charge is 0.340 e. The minimum atomic E-state index is -1.47. The summed E-state index contributed by atoms with van der Waals surface area (Å²) in [5, 5.41) is 0. The number of ketones is 1. The van der Waals surface area contributed by atoms with E-state index in [9.17, 15) is 14.0 Å². The molecule has 0 bridgehead atoms. The minimum Gasteiger partial charge on any atom is -0.443 e. The molecule has 0 aliphatic carbocycles. The molecular weight excluding hydrogens is 199 g/mol. The van der Waals surface area contributed by atoms with Crippen molar-refractivity contribution in [3.8, 4) is 0 Å². The molecule has 1 aromatic rings. The van der Waals surface area contributed by atoms with Gasteiger partial charge in [0.25, 0.3) is 0 Å². The van der Waals surface area contributed by atoms with Crippen molar-refractivity contribution < 1.29 is 18.7 Å². The Morgan fingerprint density at radius 3 is 2.73 bits per heavy atom. The molecule has 3 nitrogen and oxygen atoms in total. The molecule has 4 heteroatoms. The Morgan fingerprint density at radius 1 is 1.47 bits per heavy atom. The molecule has 1 atom stereocenters. The molecule has 0 saturated carbocycles. The molecule has 0 N–H and O–H groups in total. The maximum atomic E-state index is 13.5. The molecule has 0 radical (unpaired) electrons. The van der Waals surface area contributed by atoms with Crippen LogP contribution in [0.25, 0.3) is 0 Å². The number of hydrogen-bond acceptors (Lipinski definition) is 3. The van der Waals surface area contributed by atoms with Crippen molar-refractivity contribution in [2.45, 2.75) is 19.4 Å². The first-order chi connectivity index (χ1) is 6.97. The maximum absolute atomic E-state index is 13.5. The predicted octanol–water partition coefficient (Wildman–Crippen LogP) is 1.80. The van der Waals surface area contributed by atoms with Gasteiger partial charge in [0, 0.05) is 0 Å². The molecule has 0 fully saturated rings. The van der Waals surface area contributed by atoms with Crippen molar-refractivity contribution in [1.82, 2.24) is 0 Å². The number of fused-ring (bicyclic) bond motifs is 1. The van der Waals surface area contributed by atoms with Gasteiger partial charge in [-0.15, -0.1) is 0 Å². The summed E-state index contributed by atoms with van der Waals surface area (Å²) in [6, 6.07) is 4.08. The summed E-state index contributed by atoms with van der Waals surface area (Å²) in [6.07, 6.45) is 0. The van der Waals surface area contributed by atoms with Gasteiger partial charge in [0.15, 0.2) is 11.4 Å². The summed E-state index contributed by atoms with van der Waals surface area (Å²) in [7, 11) is 0. The van der Waals surface area contributed by atoms with Crippen molar-refractivity contribution in [3.05, 3.63) is 35.1 Å². The summed E-state index contributed by atoms with van der Waals surface area (Å²) in [5.74, 6) is -1.63. The average molecular weight is 208 g/mol. The molecule has 2 rings (SSSR count). The largest absolute Gasteiger partial charge is 0.443 e. The number of Topliss-reactive ketones (excluding diaryl/α,β-unsaturated/α-hetero) is 1. The van der Waals surface area contributed by atoms with Gasteiger partial charge in [0.2, 0.25) is 0 Å². The third-order valence-electron chi connectivity index (χ3n) is 2.68. The minimum absolute atomic E-state index is 0.0440. The molecule has 0 aromatic heterocycles. The van der Waals surface area contributed by atoms with Gasteiger partial charge in [-0.05, 0) is 26.0 Å². The fourth-order valence-electron chi connectivity index (χ4n) is 1.72. The van der Waals surface area contributed by atoms with Crippen LogP contribution in [0.5, 0.6) is 0 Å². The SMILES string of the molecule is CC(=O)C1(C)OC(=O)c2cccc(F)c21. The second-order valence-electron chi connectivity index (χ2n) is 3.64. The van der Waals surface area contributed by atoms with Crippen LogP contribution in [-0.4, -0.2) is 11.8 Å². The fourth-order valence-corrected chi connectivity index (χ4v) is 1.72. The van der Waals surface area contributed by atoms with E-state index in [2.05, 4.69) is 0 Å². The summed E-state index contributed by atoms with van der Waals surface area (Å²) in [6.45, 7) is 2.68. The molecule has 78 valence electrons. The molecule has 1 unspecified atom stereocenters. The highest BCUT2D eigenvalue weighted by atomic mass is 19.1. The van der Waals surface area contributed by atoms with Crippen LogP contribution >= 0.6 is 0 Å². The number of benzene rings is 1. The number of cyclic esters (lactones) is 1. The van der Waals surface area contributed by atoms with Crippen LogP contribution < -0.4 is 0 Å². The Balaban J connectivity index is 2.74. The zero-order valence-corrected chi connectivity index (χ0v) is 8.33. The number of rotatable bonds is 1. The Kier molecular flexibility index (Phi) is 1.89. The lowest BCUT2D eigenvalue weighted by Gasteiger charge is -2.20. The number of halogens is 1. The van der Waals surface area contributed by atoms with Crippen molar-refractivity contribution in [2.24, 2.45) is 0 Å². The summed E-state index contributed by atoms with van der Waals surface area (Å²) in [5.41, 5.74) is -1.30. The van der Waals surface area contributed by atoms with Crippen molar-refractivity contribution in [3.63, 3.8) is 0 Å². The summed E-state index contributed by atoms with van der Waals surface area (Å²) in [4.78, 5) is 22.8. The van der Waals surface area contributed by atoms with E-state index >= 15 is 0 Å². The van der Waals surface area contributed by atoms with E-state index in [1.54, 1.807) is 0 Å². The Morgan fingerprint density at radius 2 is 2.13 bits per heavy atom. The molecule has 0 spiro atoms. The molecule has 1 heterocycles. The van der Waals surface area contributed by atoms with Gasteiger partial charge in [-0.2, -0.15) is 0 Å². The Bertz CT molecular complexity index is 467. The lowest BCUT2D eigenvalue weighted by atomic mass is 9.90. The van der Waals surface area contributed by atoms with Crippen molar-refractivity contribution in [2.75, 3.05) is 0 Å². The topological polar surface area (TPSA) is 43.4 Å². The van der Waals surface area contributed by atoms with Crippen molar-refractivity contribution in [1.29, 1.82) is 0 Å². The van der Waals surface area contributed by atoms with Gasteiger partial charge in [0.05, 0.1) is 11.1 Å². The Labute approximate surface area is 85.9 Å². The molecule has 1 aliphatic heterocycles. The highest BCUT2D eigenvalue weighted by molar-refractivity contribution is 6.02. The third-order valence-corrected chi connectivity index (χ3v) is 2.68. The number of carbonyl (C=O) groups excluding carboxylic acids is 2. The molecular formula is C11H9FO3. The van der Waals surface area contributed by atoms with Gasteiger partial charge in [-0.1, -0.05) is 6.07 Å². The van der Waals surface area contributed by atoms with E-state index in [4.69, 9.17) is 4.74 Å². The molecule has 1 aromatic carbocycles. The lowest BCUT2D eigenvalue weighted by molar-refractivity contribution is -0.134. The Hall–Kier alpha value is -1.71. The maximum Gasteiger partial charge on any atom is 0.340 e. The third kappa shape index (κ3) is 1.17. The first-order valence-corrected chi connectivity index (χ1v) is 4.50. The van der Waals surface area contributed by atoms with Gasteiger partial charge in [-0.25, -0.2) is 9.18 Å². The summed E-state index contributed by atoms with van der Waals surface area (Å²) < 4.78 is 18.5. The lowest BCUT2D eigenvalue weighted by Crippen LogP contribution is -2.31. The van der Waals surface area contributed by atoms with Crippen LogP contribution in [-0.2, 0) is 15.1 Å². The van der Waals surface area contributed by atoms with Crippen molar-refractivity contribution >= 4 is 11.8 Å². The van der Waals surface area contributed by atoms with Crippen LogP contribution in [0.15, 0.2) is 18.2 Å². The monoisotopic (exact) mass is 208 g/mol. The van der Waals surface area contributed by atoms with Crippen LogP contribution in [0.1, 0.15) is 29.8 Å². The van der Waals surface area contributed by atoms with E-state index in [1.807, 2.05) is 0 Å². The van der Waals surface area contributed by atoms with E-state index in [0.29, 0.717) is 0 Å². The van der Waals surface area contributed by atoms with Gasteiger partial charge >= 0.3 is 5.97 Å². The standard InChI is InChI=1S/C11H9FO3/c1-6(13)11(2)9-7(10(14)15-11)4-3-5-8(9)12/h3-5H,1-2H3. The second kappa shape index (κ2) is 2.89. The van der Waals surface area contributed by atoms with Crippen LogP contribution in [0.4, 0.5) is 4.39 Å². The number of carbonyl (C=O) groups is 2. The average Bonchev–Trinajstić information content (AvgIpc) is 2.42. The van der Waals surface area contributed by atoms with Gasteiger partial charge < -0.3 is 4.74 Å². The number of esters is 1. The van der Waals surface area contributed by atoms with Gasteiger partial charge in [-0.3, -0.25) is 4.79 Å². The number of ether oxygens (including phenoxy) is 1. The van der Waals surface area contributed by atoms with E-state index in [-0.39, 0.29) is 16.9 Å². The van der Waals surface area contributed by atoms with E-state index in [0.717, 1.165) is 0 Å². The highest BCUT2D eigenvalue weighted by Crippen LogP contribution is 2.38. The predicted molar refractivity (Wildman–Crippen MR) is 49.8 cm³/mol. The van der Waals surface area contributed by atoms with E-state index < -0.39 is 17.4 Å². The summed E-state index contributed by atoms with van der Waals surface area (Å²) >= 11 is 0. The molecule has 0 amide bonds. The van der Waals surface area contributed by atoms with Crippen LogP contribution in [0.2, 0.25) is 0 Å². The molecule has 0 saturated heterocycles. The fraction of sp³-hybridized carbons (Fsp3) is 0.273. The number of hydrogen-bond donors (Lipinski definition) is 0. The van der Waals surface area contributed by atoms with Crippen LogP contribution in [0, 0.1) is 5.82 Å². The second-order valence-corrected chi connectivity index (χ2v) is 3.64. The normalized spacial score (nSPS) is 23.5. The molecule has 15 heavy (non-hydrogen) atoms. The first-order valence-electron chi connectivity index (χ1n) is 4.50. The zero-order valence-electron chi connectivity index (χ0n) is 8.33. The highest BCUT2D eigenvalue weighted by Gasteiger charge is 2.47. The van der Waals surface area contributed by atoms with Gasteiger partial charge in [0.1, 0.15) is 5.82 Å². The molecule has 1 aliphatic rings. The zero-order chi connectivity index (χ0) is 11.2. The first kappa shape index (κ1) is 9.83. The van der Waals surface area contributed by atoms with E-state index in [1.165, 1.54) is 32.0 Å². The van der Waals surface area contributed by atoms with Crippen LogP contribution in [0.3, 0.4) is 0 Å². The quantitative estimate of drug-likeness (QED) is 0.661.